The van der Waals surface area contributed by atoms with Gasteiger partial charge in [-0.25, -0.2) is 4.39 Å². The molecule has 0 amide bonds. The minimum atomic E-state index is -3.17. The van der Waals surface area contributed by atoms with Gasteiger partial charge in [-0.1, -0.05) is 11.6 Å². The smallest absolute Gasteiger partial charge is 0.387 e. The third-order valence-corrected chi connectivity index (χ3v) is 1.89. The van der Waals surface area contributed by atoms with E-state index in [0.29, 0.717) is 0 Å². The predicted octanol–water partition coefficient (Wildman–Crippen LogP) is 3.28. The van der Waals surface area contributed by atoms with E-state index in [2.05, 4.69) is 4.74 Å². The van der Waals surface area contributed by atoms with E-state index in [1.807, 2.05) is 0 Å². The van der Waals surface area contributed by atoms with Crippen LogP contribution in [0.5, 0.6) is 5.75 Å². The first-order valence-corrected chi connectivity index (χ1v) is 4.24. The molecule has 0 aliphatic heterocycles. The van der Waals surface area contributed by atoms with E-state index >= 15 is 0 Å². The Bertz CT molecular complexity index is 393. The summed E-state index contributed by atoms with van der Waals surface area (Å²) in [5.74, 6) is -2.26. The van der Waals surface area contributed by atoms with Crippen molar-refractivity contribution in [2.24, 2.45) is 0 Å². The fourth-order valence-electron chi connectivity index (χ4n) is 0.949. The Balaban J connectivity index is 3.19. The summed E-state index contributed by atoms with van der Waals surface area (Å²) in [5, 5.41) is -0.432. The summed E-state index contributed by atoms with van der Waals surface area (Å²) in [4.78, 5) is 10.9. The molecule has 0 aromatic heterocycles. The van der Waals surface area contributed by atoms with Crippen LogP contribution in [-0.4, -0.2) is 12.4 Å². The number of rotatable bonds is 3. The molecule has 0 bridgehead atoms. The van der Waals surface area contributed by atoms with Crippen molar-refractivity contribution in [1.29, 1.82) is 0 Å². The molecule has 0 atom stereocenters. The van der Waals surface area contributed by atoms with Crippen LogP contribution < -0.4 is 4.74 Å². The summed E-state index contributed by atoms with van der Waals surface area (Å²) in [6.45, 7) is -1.96. The molecule has 15 heavy (non-hydrogen) atoms. The van der Waals surface area contributed by atoms with Crippen molar-refractivity contribution in [3.05, 3.63) is 28.5 Å². The van der Waals surface area contributed by atoms with E-state index in [1.54, 1.807) is 0 Å². The molecular weight excluding hydrogens is 233 g/mol. The SMILES string of the molecule is CC(=O)c1cc(Cl)c(F)c(OC(F)F)c1. The zero-order chi connectivity index (χ0) is 11.6. The number of halogens is 4. The first-order valence-electron chi connectivity index (χ1n) is 3.86. The van der Waals surface area contributed by atoms with E-state index in [0.717, 1.165) is 12.1 Å². The molecule has 0 heterocycles. The number of Topliss-reactive ketones (excluding diaryl/α,β-unsaturated/α-hetero) is 1. The highest BCUT2D eigenvalue weighted by Gasteiger charge is 2.15. The van der Waals surface area contributed by atoms with Crippen molar-refractivity contribution in [3.8, 4) is 5.75 Å². The topological polar surface area (TPSA) is 26.3 Å². The molecule has 0 N–H and O–H groups in total. The lowest BCUT2D eigenvalue weighted by atomic mass is 10.1. The molecule has 0 aliphatic carbocycles. The van der Waals surface area contributed by atoms with Gasteiger partial charge in [0.15, 0.2) is 17.3 Å². The Kier molecular flexibility index (Phi) is 3.57. The van der Waals surface area contributed by atoms with Crippen molar-refractivity contribution < 1.29 is 22.7 Å². The number of hydrogen-bond donors (Lipinski definition) is 0. The van der Waals surface area contributed by atoms with Crippen LogP contribution >= 0.6 is 11.6 Å². The third kappa shape index (κ3) is 2.86. The lowest BCUT2D eigenvalue weighted by Crippen LogP contribution is -2.05. The molecule has 0 spiro atoms. The normalized spacial score (nSPS) is 10.5. The number of ether oxygens (including phenoxy) is 1. The van der Waals surface area contributed by atoms with Crippen molar-refractivity contribution in [2.75, 3.05) is 0 Å². The second-order valence-corrected chi connectivity index (χ2v) is 3.11. The largest absolute Gasteiger partial charge is 0.432 e. The van der Waals surface area contributed by atoms with Gasteiger partial charge in [0.25, 0.3) is 0 Å². The number of carbonyl (C=O) groups excluding carboxylic acids is 1. The maximum atomic E-state index is 13.1. The van der Waals surface area contributed by atoms with Crippen LogP contribution in [0, 0.1) is 5.82 Å². The Morgan fingerprint density at radius 2 is 2.07 bits per heavy atom. The number of hydrogen-bond acceptors (Lipinski definition) is 2. The number of ketones is 1. The van der Waals surface area contributed by atoms with E-state index in [1.165, 1.54) is 6.92 Å². The van der Waals surface area contributed by atoms with Crippen molar-refractivity contribution in [1.82, 2.24) is 0 Å². The molecule has 0 saturated heterocycles. The van der Waals surface area contributed by atoms with Crippen LogP contribution in [0.1, 0.15) is 17.3 Å². The summed E-state index contributed by atoms with van der Waals surface area (Å²) < 4.78 is 40.7. The second kappa shape index (κ2) is 4.53. The highest BCUT2D eigenvalue weighted by atomic mass is 35.5. The van der Waals surface area contributed by atoms with Gasteiger partial charge in [0, 0.05) is 5.56 Å². The van der Waals surface area contributed by atoms with Crippen molar-refractivity contribution in [2.45, 2.75) is 13.5 Å². The zero-order valence-electron chi connectivity index (χ0n) is 7.56. The minimum Gasteiger partial charge on any atom is -0.432 e. The van der Waals surface area contributed by atoms with E-state index in [-0.39, 0.29) is 5.56 Å². The van der Waals surface area contributed by atoms with E-state index in [4.69, 9.17) is 11.6 Å². The molecule has 0 fully saturated rings. The number of benzene rings is 1. The lowest BCUT2D eigenvalue weighted by molar-refractivity contribution is -0.0522. The van der Waals surface area contributed by atoms with Gasteiger partial charge in [-0.05, 0) is 19.1 Å². The molecule has 0 saturated carbocycles. The van der Waals surface area contributed by atoms with Crippen LogP contribution in [0.15, 0.2) is 12.1 Å². The van der Waals surface area contributed by atoms with Gasteiger partial charge in [0.1, 0.15) is 0 Å². The number of carbonyl (C=O) groups is 1. The number of alkyl halides is 2. The third-order valence-electron chi connectivity index (χ3n) is 1.62. The highest BCUT2D eigenvalue weighted by Crippen LogP contribution is 2.28. The molecule has 82 valence electrons. The summed E-state index contributed by atoms with van der Waals surface area (Å²) >= 11 is 5.39. The van der Waals surface area contributed by atoms with Crippen LogP contribution in [0.25, 0.3) is 0 Å². The van der Waals surface area contributed by atoms with Gasteiger partial charge >= 0.3 is 6.61 Å². The molecule has 1 aromatic rings. The van der Waals surface area contributed by atoms with Gasteiger partial charge in [0.05, 0.1) is 5.02 Å². The Hall–Kier alpha value is -1.23. The quantitative estimate of drug-likeness (QED) is 0.756. The maximum absolute atomic E-state index is 13.1. The molecule has 0 unspecified atom stereocenters. The Morgan fingerprint density at radius 3 is 2.53 bits per heavy atom. The predicted molar refractivity (Wildman–Crippen MR) is 48.0 cm³/mol. The molecule has 2 nitrogen and oxygen atoms in total. The van der Waals surface area contributed by atoms with Crippen molar-refractivity contribution >= 4 is 17.4 Å². The van der Waals surface area contributed by atoms with Gasteiger partial charge in [0.2, 0.25) is 0 Å². The van der Waals surface area contributed by atoms with Crippen LogP contribution in [0.3, 0.4) is 0 Å². The van der Waals surface area contributed by atoms with Gasteiger partial charge in [-0.2, -0.15) is 8.78 Å². The van der Waals surface area contributed by atoms with Crippen molar-refractivity contribution in [3.63, 3.8) is 0 Å². The average molecular weight is 239 g/mol. The molecular formula is C9H6ClF3O2. The molecule has 6 heteroatoms. The first kappa shape index (κ1) is 11.8. The van der Waals surface area contributed by atoms with E-state index < -0.39 is 29.0 Å². The zero-order valence-corrected chi connectivity index (χ0v) is 8.32. The van der Waals surface area contributed by atoms with Crippen LogP contribution in [0.2, 0.25) is 5.02 Å². The van der Waals surface area contributed by atoms with Crippen LogP contribution in [-0.2, 0) is 0 Å². The summed E-state index contributed by atoms with van der Waals surface area (Å²) in [6, 6.07) is 1.94. The highest BCUT2D eigenvalue weighted by molar-refractivity contribution is 6.31. The molecule has 0 aliphatic rings. The minimum absolute atomic E-state index is 0.0112. The average Bonchev–Trinajstić information content (AvgIpc) is 2.11. The van der Waals surface area contributed by atoms with Gasteiger partial charge in [-0.3, -0.25) is 4.79 Å². The van der Waals surface area contributed by atoms with E-state index in [9.17, 15) is 18.0 Å². The summed E-state index contributed by atoms with van der Waals surface area (Å²) in [6.07, 6.45) is 0. The maximum Gasteiger partial charge on any atom is 0.387 e. The van der Waals surface area contributed by atoms with Gasteiger partial charge in [-0.15, -0.1) is 0 Å². The summed E-state index contributed by atoms with van der Waals surface area (Å²) in [7, 11) is 0. The molecule has 1 aromatic carbocycles. The molecule has 0 radical (unpaired) electrons. The standard InChI is InChI=1S/C9H6ClF3O2/c1-4(14)5-2-6(10)8(11)7(3-5)15-9(12)13/h2-3,9H,1H3. The Labute approximate surface area is 88.6 Å². The van der Waals surface area contributed by atoms with Crippen LogP contribution in [0.4, 0.5) is 13.2 Å². The monoisotopic (exact) mass is 238 g/mol. The second-order valence-electron chi connectivity index (χ2n) is 2.70. The molecule has 1 rings (SSSR count). The fourth-order valence-corrected chi connectivity index (χ4v) is 1.16. The Morgan fingerprint density at radius 1 is 1.47 bits per heavy atom. The lowest BCUT2D eigenvalue weighted by Gasteiger charge is -2.08. The first-order chi connectivity index (χ1) is 6.91. The fraction of sp³-hybridized carbons (Fsp3) is 0.222. The van der Waals surface area contributed by atoms with Gasteiger partial charge < -0.3 is 4.74 Å². The summed E-state index contributed by atoms with van der Waals surface area (Å²) in [5.41, 5.74) is 0.0112.